The zero-order valence-electron chi connectivity index (χ0n) is 9.18. The molecule has 5 heteroatoms. The molecule has 0 unspecified atom stereocenters. The van der Waals surface area contributed by atoms with Crippen LogP contribution in [0.3, 0.4) is 0 Å². The Morgan fingerprint density at radius 2 is 1.83 bits per heavy atom. The molecule has 0 atom stereocenters. The van der Waals surface area contributed by atoms with E-state index in [4.69, 9.17) is 34.8 Å². The van der Waals surface area contributed by atoms with Crippen molar-refractivity contribution >= 4 is 40.5 Å². The monoisotopic (exact) mass is 303 g/mol. The molecule has 0 aliphatic rings. The van der Waals surface area contributed by atoms with Gasteiger partial charge in [0.15, 0.2) is 0 Å². The number of rotatable bonds is 3. The average molecular weight is 305 g/mol. The van der Waals surface area contributed by atoms with Crippen molar-refractivity contribution < 1.29 is 4.39 Å². The van der Waals surface area contributed by atoms with Gasteiger partial charge in [-0.3, -0.25) is 0 Å². The lowest BCUT2D eigenvalue weighted by Crippen LogP contribution is -2.02. The van der Waals surface area contributed by atoms with Crippen LogP contribution in [0, 0.1) is 5.82 Å². The van der Waals surface area contributed by atoms with Gasteiger partial charge < -0.3 is 5.32 Å². The zero-order chi connectivity index (χ0) is 13.1. The third kappa shape index (κ3) is 3.08. The number of nitrogens with one attached hydrogen (secondary N) is 1. The molecule has 0 aliphatic heterocycles. The molecule has 2 aromatic rings. The number of hydrogen-bond donors (Lipinski definition) is 1. The van der Waals surface area contributed by atoms with E-state index in [0.29, 0.717) is 26.3 Å². The lowest BCUT2D eigenvalue weighted by molar-refractivity contribution is 0.613. The Balaban J connectivity index is 2.16. The minimum atomic E-state index is -0.315. The van der Waals surface area contributed by atoms with Crippen LogP contribution in [-0.2, 0) is 6.54 Å². The fraction of sp³-hybridized carbons (Fsp3) is 0.0769. The maximum Gasteiger partial charge on any atom is 0.128 e. The summed E-state index contributed by atoms with van der Waals surface area (Å²) in [4.78, 5) is 0. The minimum absolute atomic E-state index is 0.284. The standard InChI is InChI=1S/C13H9Cl3FN/c14-9-4-5-11(17)8(6-9)7-18-12-3-1-2-10(15)13(12)16/h1-6,18H,7H2. The van der Waals surface area contributed by atoms with E-state index < -0.39 is 0 Å². The van der Waals surface area contributed by atoms with Gasteiger partial charge in [0.2, 0.25) is 0 Å². The number of benzene rings is 2. The normalized spacial score (nSPS) is 10.4. The smallest absolute Gasteiger partial charge is 0.128 e. The van der Waals surface area contributed by atoms with Crippen LogP contribution >= 0.6 is 34.8 Å². The van der Waals surface area contributed by atoms with Crippen molar-refractivity contribution in [1.82, 2.24) is 0 Å². The van der Waals surface area contributed by atoms with E-state index >= 15 is 0 Å². The summed E-state index contributed by atoms with van der Waals surface area (Å²) >= 11 is 17.7. The largest absolute Gasteiger partial charge is 0.380 e. The second kappa shape index (κ2) is 5.79. The van der Waals surface area contributed by atoms with Gasteiger partial charge in [-0.2, -0.15) is 0 Å². The van der Waals surface area contributed by atoms with Crippen molar-refractivity contribution in [2.75, 3.05) is 5.32 Å². The van der Waals surface area contributed by atoms with Crippen molar-refractivity contribution in [3.8, 4) is 0 Å². The van der Waals surface area contributed by atoms with Gasteiger partial charge in [-0.25, -0.2) is 4.39 Å². The first-order chi connectivity index (χ1) is 8.58. The van der Waals surface area contributed by atoms with E-state index in [2.05, 4.69) is 5.32 Å². The summed E-state index contributed by atoms with van der Waals surface area (Å²) in [6.45, 7) is 0.284. The third-order valence-corrected chi connectivity index (χ3v) is 3.48. The Morgan fingerprint density at radius 1 is 1.06 bits per heavy atom. The predicted molar refractivity (Wildman–Crippen MR) is 75.2 cm³/mol. The zero-order valence-corrected chi connectivity index (χ0v) is 11.5. The summed E-state index contributed by atoms with van der Waals surface area (Å²) < 4.78 is 13.5. The molecule has 0 aliphatic carbocycles. The Labute approximate surface area is 119 Å². The highest BCUT2D eigenvalue weighted by Gasteiger charge is 2.06. The molecule has 0 saturated carbocycles. The van der Waals surface area contributed by atoms with Crippen LogP contribution in [0.15, 0.2) is 36.4 Å². The molecule has 0 spiro atoms. The lowest BCUT2D eigenvalue weighted by atomic mass is 10.2. The second-order valence-electron chi connectivity index (χ2n) is 3.69. The quantitative estimate of drug-likeness (QED) is 0.800. The van der Waals surface area contributed by atoms with Gasteiger partial charge in [-0.1, -0.05) is 40.9 Å². The summed E-state index contributed by atoms with van der Waals surface area (Å²) in [6, 6.07) is 9.64. The predicted octanol–water partition coefficient (Wildman–Crippen LogP) is 5.40. The molecule has 2 rings (SSSR count). The molecule has 2 aromatic carbocycles. The Morgan fingerprint density at radius 3 is 2.61 bits per heavy atom. The van der Waals surface area contributed by atoms with Gasteiger partial charge in [0.25, 0.3) is 0 Å². The molecule has 0 amide bonds. The van der Waals surface area contributed by atoms with Crippen LogP contribution in [0.25, 0.3) is 0 Å². The van der Waals surface area contributed by atoms with Crippen LogP contribution in [0.4, 0.5) is 10.1 Å². The van der Waals surface area contributed by atoms with E-state index in [1.807, 2.05) is 0 Å². The number of halogens is 4. The molecule has 1 N–H and O–H groups in total. The van der Waals surface area contributed by atoms with Gasteiger partial charge >= 0.3 is 0 Å². The van der Waals surface area contributed by atoms with Gasteiger partial charge in [-0.05, 0) is 30.3 Å². The maximum absolute atomic E-state index is 13.5. The number of anilines is 1. The molecule has 0 fully saturated rings. The van der Waals surface area contributed by atoms with Crippen LogP contribution in [0.5, 0.6) is 0 Å². The molecule has 1 nitrogen and oxygen atoms in total. The highest BCUT2D eigenvalue weighted by atomic mass is 35.5. The van der Waals surface area contributed by atoms with Crippen molar-refractivity contribution in [3.63, 3.8) is 0 Å². The van der Waals surface area contributed by atoms with Gasteiger partial charge in [0.1, 0.15) is 5.82 Å². The van der Waals surface area contributed by atoms with E-state index in [-0.39, 0.29) is 12.4 Å². The molecule has 94 valence electrons. The molecule has 0 bridgehead atoms. The van der Waals surface area contributed by atoms with E-state index in [9.17, 15) is 4.39 Å². The molecular formula is C13H9Cl3FN. The molecule has 0 saturated heterocycles. The lowest BCUT2D eigenvalue weighted by Gasteiger charge is -2.10. The van der Waals surface area contributed by atoms with E-state index in [0.717, 1.165) is 0 Å². The Kier molecular flexibility index (Phi) is 4.33. The Bertz CT molecular complexity index is 570. The molecule has 0 heterocycles. The fourth-order valence-corrected chi connectivity index (χ4v) is 2.07. The number of hydrogen-bond acceptors (Lipinski definition) is 1. The molecule has 0 radical (unpaired) electrons. The van der Waals surface area contributed by atoms with Crippen LogP contribution < -0.4 is 5.32 Å². The third-order valence-electron chi connectivity index (χ3n) is 2.43. The topological polar surface area (TPSA) is 12.0 Å². The summed E-state index contributed by atoms with van der Waals surface area (Å²) in [7, 11) is 0. The Hall–Kier alpha value is -0.960. The van der Waals surface area contributed by atoms with Gasteiger partial charge in [-0.15, -0.1) is 0 Å². The SMILES string of the molecule is Fc1ccc(Cl)cc1CNc1cccc(Cl)c1Cl. The summed E-state index contributed by atoms with van der Waals surface area (Å²) in [6.07, 6.45) is 0. The fourth-order valence-electron chi connectivity index (χ4n) is 1.51. The summed E-state index contributed by atoms with van der Waals surface area (Å²) in [5, 5.41) is 4.38. The summed E-state index contributed by atoms with van der Waals surface area (Å²) in [5.41, 5.74) is 1.13. The first kappa shape index (κ1) is 13.5. The van der Waals surface area contributed by atoms with Crippen molar-refractivity contribution in [2.24, 2.45) is 0 Å². The highest BCUT2D eigenvalue weighted by Crippen LogP contribution is 2.30. The van der Waals surface area contributed by atoms with Crippen molar-refractivity contribution in [1.29, 1.82) is 0 Å². The molecule has 18 heavy (non-hydrogen) atoms. The van der Waals surface area contributed by atoms with Gasteiger partial charge in [0.05, 0.1) is 15.7 Å². The van der Waals surface area contributed by atoms with E-state index in [1.165, 1.54) is 12.1 Å². The average Bonchev–Trinajstić information content (AvgIpc) is 2.35. The van der Waals surface area contributed by atoms with Crippen molar-refractivity contribution in [2.45, 2.75) is 6.54 Å². The first-order valence-electron chi connectivity index (χ1n) is 5.20. The minimum Gasteiger partial charge on any atom is -0.380 e. The second-order valence-corrected chi connectivity index (χ2v) is 4.91. The highest BCUT2D eigenvalue weighted by molar-refractivity contribution is 6.43. The van der Waals surface area contributed by atoms with Crippen LogP contribution in [-0.4, -0.2) is 0 Å². The molecular weight excluding hydrogens is 296 g/mol. The van der Waals surface area contributed by atoms with E-state index in [1.54, 1.807) is 24.3 Å². The van der Waals surface area contributed by atoms with Crippen LogP contribution in [0.2, 0.25) is 15.1 Å². The van der Waals surface area contributed by atoms with Crippen molar-refractivity contribution in [3.05, 3.63) is 62.8 Å². The van der Waals surface area contributed by atoms with Crippen LogP contribution in [0.1, 0.15) is 5.56 Å². The first-order valence-corrected chi connectivity index (χ1v) is 6.33. The summed E-state index contributed by atoms with van der Waals surface area (Å²) in [5.74, 6) is -0.315. The molecule has 0 aromatic heterocycles. The van der Waals surface area contributed by atoms with Gasteiger partial charge in [0, 0.05) is 17.1 Å². The maximum atomic E-state index is 13.5.